The van der Waals surface area contributed by atoms with Crippen LogP contribution in [0.15, 0.2) is 24.3 Å². The molecule has 0 aliphatic carbocycles. The van der Waals surface area contributed by atoms with Gasteiger partial charge in [0.2, 0.25) is 0 Å². The Morgan fingerprint density at radius 2 is 2.20 bits per heavy atom. The fourth-order valence-corrected chi connectivity index (χ4v) is 1.21. The van der Waals surface area contributed by atoms with Crippen molar-refractivity contribution in [3.63, 3.8) is 0 Å². The minimum absolute atomic E-state index is 0.198. The zero-order valence-corrected chi connectivity index (χ0v) is 5.58. The molecule has 50 valence electrons. The van der Waals surface area contributed by atoms with Gasteiger partial charge in [-0.15, -0.1) is 0 Å². The van der Waals surface area contributed by atoms with Crippen LogP contribution in [0, 0.1) is 0 Å². The SMILES string of the molecule is NB1OCc2ccccc21. The third kappa shape index (κ3) is 0.752. The molecule has 0 aromatic heterocycles. The Kier molecular flexibility index (Phi) is 1.26. The highest BCUT2D eigenvalue weighted by atomic mass is 16.4. The van der Waals surface area contributed by atoms with E-state index in [1.54, 1.807) is 0 Å². The summed E-state index contributed by atoms with van der Waals surface area (Å²) in [6, 6.07) is 8.03. The lowest BCUT2D eigenvalue weighted by molar-refractivity contribution is 0.331. The smallest absolute Gasteiger partial charge is 0.413 e. The van der Waals surface area contributed by atoms with Crippen molar-refractivity contribution in [3.8, 4) is 0 Å². The lowest BCUT2D eigenvalue weighted by atomic mass is 9.76. The van der Waals surface area contributed by atoms with Crippen molar-refractivity contribution in [2.75, 3.05) is 0 Å². The van der Waals surface area contributed by atoms with Crippen molar-refractivity contribution in [3.05, 3.63) is 29.8 Å². The second-order valence-corrected chi connectivity index (χ2v) is 2.43. The van der Waals surface area contributed by atoms with Gasteiger partial charge in [-0.1, -0.05) is 24.3 Å². The van der Waals surface area contributed by atoms with E-state index >= 15 is 0 Å². The minimum atomic E-state index is -0.198. The molecule has 0 spiro atoms. The van der Waals surface area contributed by atoms with Crippen molar-refractivity contribution in [2.24, 2.45) is 5.64 Å². The average Bonchev–Trinajstić information content (AvgIpc) is 2.34. The fraction of sp³-hybridized carbons (Fsp3) is 0.143. The lowest BCUT2D eigenvalue weighted by Crippen LogP contribution is -2.38. The predicted molar refractivity (Wildman–Crippen MR) is 40.8 cm³/mol. The van der Waals surface area contributed by atoms with Crippen molar-refractivity contribution < 1.29 is 4.65 Å². The molecule has 1 heterocycles. The van der Waals surface area contributed by atoms with Gasteiger partial charge in [0.1, 0.15) is 0 Å². The normalized spacial score (nSPS) is 15.5. The Hall–Kier alpha value is -0.795. The summed E-state index contributed by atoms with van der Waals surface area (Å²) < 4.78 is 5.20. The first-order valence-electron chi connectivity index (χ1n) is 3.33. The van der Waals surface area contributed by atoms with Gasteiger partial charge in [-0.2, -0.15) is 0 Å². The van der Waals surface area contributed by atoms with E-state index in [1.165, 1.54) is 5.56 Å². The zero-order valence-electron chi connectivity index (χ0n) is 5.58. The number of hydrogen-bond acceptors (Lipinski definition) is 2. The maximum absolute atomic E-state index is 5.62. The largest absolute Gasteiger partial charge is 0.414 e. The minimum Gasteiger partial charge on any atom is -0.414 e. The highest BCUT2D eigenvalue weighted by molar-refractivity contribution is 6.65. The van der Waals surface area contributed by atoms with Crippen LogP contribution in [0.3, 0.4) is 0 Å². The van der Waals surface area contributed by atoms with Gasteiger partial charge < -0.3 is 10.3 Å². The van der Waals surface area contributed by atoms with E-state index in [1.807, 2.05) is 24.3 Å². The molecule has 2 nitrogen and oxygen atoms in total. The lowest BCUT2D eigenvalue weighted by Gasteiger charge is -1.95. The molecule has 1 aliphatic rings. The first-order valence-corrected chi connectivity index (χ1v) is 3.33. The monoisotopic (exact) mass is 133 g/mol. The van der Waals surface area contributed by atoms with Crippen LogP contribution in [0.1, 0.15) is 5.56 Å². The molecule has 0 saturated heterocycles. The van der Waals surface area contributed by atoms with Gasteiger partial charge in [-0.3, -0.25) is 0 Å². The van der Waals surface area contributed by atoms with E-state index in [0.717, 1.165) is 5.46 Å². The summed E-state index contributed by atoms with van der Waals surface area (Å²) >= 11 is 0. The first kappa shape index (κ1) is 5.95. The van der Waals surface area contributed by atoms with Crippen LogP contribution in [0.2, 0.25) is 0 Å². The summed E-state index contributed by atoms with van der Waals surface area (Å²) in [5.41, 5.74) is 7.97. The summed E-state index contributed by atoms with van der Waals surface area (Å²) in [5.74, 6) is 0. The maximum atomic E-state index is 5.62. The first-order chi connectivity index (χ1) is 4.88. The Bertz CT molecular complexity index is 251. The fourth-order valence-electron chi connectivity index (χ4n) is 1.21. The molecule has 2 rings (SSSR count). The number of benzene rings is 1. The van der Waals surface area contributed by atoms with Gasteiger partial charge in [-0.25, -0.2) is 0 Å². The number of rotatable bonds is 0. The van der Waals surface area contributed by atoms with Crippen molar-refractivity contribution >= 4 is 12.5 Å². The second kappa shape index (κ2) is 2.11. The number of fused-ring (bicyclic) bond motifs is 1. The Labute approximate surface area is 60.1 Å². The van der Waals surface area contributed by atoms with E-state index in [4.69, 9.17) is 10.3 Å². The predicted octanol–water partition coefficient (Wildman–Crippen LogP) is -0.129. The third-order valence-corrected chi connectivity index (χ3v) is 1.78. The van der Waals surface area contributed by atoms with E-state index in [2.05, 4.69) is 0 Å². The van der Waals surface area contributed by atoms with Crippen molar-refractivity contribution in [2.45, 2.75) is 6.61 Å². The molecule has 1 aromatic carbocycles. The highest BCUT2D eigenvalue weighted by Crippen LogP contribution is 2.06. The van der Waals surface area contributed by atoms with E-state index in [9.17, 15) is 0 Å². The van der Waals surface area contributed by atoms with Crippen LogP contribution < -0.4 is 11.1 Å². The third-order valence-electron chi connectivity index (χ3n) is 1.78. The van der Waals surface area contributed by atoms with Crippen molar-refractivity contribution in [1.29, 1.82) is 0 Å². The summed E-state index contributed by atoms with van der Waals surface area (Å²) in [5, 5.41) is 0. The molecule has 0 unspecified atom stereocenters. The van der Waals surface area contributed by atoms with Gasteiger partial charge in [0.25, 0.3) is 0 Å². The van der Waals surface area contributed by atoms with Gasteiger partial charge >= 0.3 is 7.05 Å². The van der Waals surface area contributed by atoms with Crippen LogP contribution in [0.25, 0.3) is 0 Å². The highest BCUT2D eigenvalue weighted by Gasteiger charge is 2.23. The molecular weight excluding hydrogens is 125 g/mol. The topological polar surface area (TPSA) is 35.2 Å². The zero-order chi connectivity index (χ0) is 6.97. The summed E-state index contributed by atoms with van der Waals surface area (Å²) in [7, 11) is -0.198. The van der Waals surface area contributed by atoms with Crippen LogP contribution in [-0.2, 0) is 11.3 Å². The average molecular weight is 133 g/mol. The molecule has 2 N–H and O–H groups in total. The number of hydrogen-bond donors (Lipinski definition) is 1. The van der Waals surface area contributed by atoms with Gasteiger partial charge in [0.05, 0.1) is 6.61 Å². The van der Waals surface area contributed by atoms with Crippen LogP contribution in [-0.4, -0.2) is 7.05 Å². The van der Waals surface area contributed by atoms with Gasteiger partial charge in [0.15, 0.2) is 0 Å². The standard InChI is InChI=1S/C7H8BNO/c9-8-7-4-2-1-3-6(7)5-10-8/h1-4H,5,9H2. The molecule has 10 heavy (non-hydrogen) atoms. The van der Waals surface area contributed by atoms with Gasteiger partial charge in [0, 0.05) is 0 Å². The Balaban J connectivity index is 2.51. The maximum Gasteiger partial charge on any atom is 0.413 e. The molecule has 0 amide bonds. The second-order valence-electron chi connectivity index (χ2n) is 2.43. The quantitative estimate of drug-likeness (QED) is 0.500. The summed E-state index contributed by atoms with van der Waals surface area (Å²) in [6.07, 6.45) is 0. The van der Waals surface area contributed by atoms with Crippen LogP contribution in [0.5, 0.6) is 0 Å². The summed E-state index contributed by atoms with van der Waals surface area (Å²) in [6.45, 7) is 0.664. The molecule has 0 radical (unpaired) electrons. The van der Waals surface area contributed by atoms with E-state index < -0.39 is 0 Å². The van der Waals surface area contributed by atoms with Crippen LogP contribution in [0.4, 0.5) is 0 Å². The molecular formula is C7H8BNO. The van der Waals surface area contributed by atoms with Crippen LogP contribution >= 0.6 is 0 Å². The Morgan fingerprint density at radius 1 is 1.40 bits per heavy atom. The molecule has 1 aliphatic heterocycles. The number of nitrogens with two attached hydrogens (primary N) is 1. The Morgan fingerprint density at radius 3 is 3.00 bits per heavy atom. The molecule has 3 heteroatoms. The molecule has 0 atom stereocenters. The molecule has 1 aromatic rings. The van der Waals surface area contributed by atoms with Gasteiger partial charge in [-0.05, 0) is 11.0 Å². The molecule has 0 bridgehead atoms. The molecule has 0 saturated carbocycles. The van der Waals surface area contributed by atoms with E-state index in [-0.39, 0.29) is 7.05 Å². The summed E-state index contributed by atoms with van der Waals surface area (Å²) in [4.78, 5) is 0. The molecule has 0 fully saturated rings. The van der Waals surface area contributed by atoms with E-state index in [0.29, 0.717) is 6.61 Å². The van der Waals surface area contributed by atoms with Crippen molar-refractivity contribution in [1.82, 2.24) is 0 Å².